The summed E-state index contributed by atoms with van der Waals surface area (Å²) in [5.74, 6) is -1.27. The van der Waals surface area contributed by atoms with Crippen LogP contribution in [-0.2, 0) is 20.5 Å². The maximum Gasteiger partial charge on any atom is 0.418 e. The first-order chi connectivity index (χ1) is 18.9. The van der Waals surface area contributed by atoms with Crippen molar-refractivity contribution in [2.24, 2.45) is 5.92 Å². The number of halogens is 4. The molecule has 13 heteroatoms. The number of rotatable bonds is 10. The van der Waals surface area contributed by atoms with Gasteiger partial charge in [-0.1, -0.05) is 31.9 Å². The highest BCUT2D eigenvalue weighted by molar-refractivity contribution is 7.18. The number of nitrogens with one attached hydrogen (secondary N) is 2. The number of carbonyl (C=O) groups is 3. The molecular weight excluding hydrogens is 569 g/mol. The molecule has 1 saturated carbocycles. The van der Waals surface area contributed by atoms with Gasteiger partial charge >= 0.3 is 6.18 Å². The van der Waals surface area contributed by atoms with Gasteiger partial charge < -0.3 is 20.3 Å². The van der Waals surface area contributed by atoms with Gasteiger partial charge in [0.05, 0.1) is 27.1 Å². The molecule has 218 valence electrons. The predicted molar refractivity (Wildman–Crippen MR) is 148 cm³/mol. The van der Waals surface area contributed by atoms with Crippen LogP contribution in [0.1, 0.15) is 48.3 Å². The number of morpholine rings is 1. The molecule has 0 unspecified atom stereocenters. The van der Waals surface area contributed by atoms with Gasteiger partial charge in [0.1, 0.15) is 12.6 Å². The lowest BCUT2D eigenvalue weighted by Gasteiger charge is -2.42. The molecule has 1 atom stereocenters. The molecule has 2 N–H and O–H groups in total. The van der Waals surface area contributed by atoms with Crippen molar-refractivity contribution in [2.75, 3.05) is 43.1 Å². The Morgan fingerprint density at radius 1 is 1.23 bits per heavy atom. The van der Waals surface area contributed by atoms with Crippen LogP contribution >= 0.6 is 22.9 Å². The third-order valence-electron chi connectivity index (χ3n) is 6.92. The molecule has 0 radical (unpaired) electrons. The van der Waals surface area contributed by atoms with E-state index in [2.05, 4.69) is 10.6 Å². The lowest BCUT2D eigenvalue weighted by Crippen LogP contribution is -2.57. The Morgan fingerprint density at radius 3 is 2.55 bits per heavy atom. The Morgan fingerprint density at radius 2 is 1.98 bits per heavy atom. The van der Waals surface area contributed by atoms with Gasteiger partial charge in [-0.15, -0.1) is 11.3 Å². The van der Waals surface area contributed by atoms with Crippen LogP contribution in [0.5, 0.6) is 0 Å². The van der Waals surface area contributed by atoms with Crippen molar-refractivity contribution in [1.82, 2.24) is 10.2 Å². The number of carbonyl (C=O) groups excluding carboxylic acids is 3. The molecule has 2 aromatic rings. The summed E-state index contributed by atoms with van der Waals surface area (Å²) in [7, 11) is 0. The summed E-state index contributed by atoms with van der Waals surface area (Å²) in [4.78, 5) is 42.1. The van der Waals surface area contributed by atoms with E-state index in [0.717, 1.165) is 41.6 Å². The van der Waals surface area contributed by atoms with E-state index in [1.165, 1.54) is 12.1 Å². The highest BCUT2D eigenvalue weighted by atomic mass is 35.5. The zero-order valence-electron chi connectivity index (χ0n) is 22.2. The molecule has 1 aliphatic carbocycles. The van der Waals surface area contributed by atoms with Gasteiger partial charge in [-0.25, -0.2) is 0 Å². The summed E-state index contributed by atoms with van der Waals surface area (Å²) < 4.78 is 47.7. The van der Waals surface area contributed by atoms with Gasteiger partial charge in [0.15, 0.2) is 0 Å². The summed E-state index contributed by atoms with van der Waals surface area (Å²) in [6.07, 6.45) is -1.96. The van der Waals surface area contributed by atoms with Gasteiger partial charge in [0, 0.05) is 31.4 Å². The number of thiophene rings is 1. The lowest BCUT2D eigenvalue weighted by molar-refractivity contribution is -0.137. The first-order valence-corrected chi connectivity index (χ1v) is 14.3. The quantitative estimate of drug-likeness (QED) is 0.399. The third kappa shape index (κ3) is 7.34. The van der Waals surface area contributed by atoms with Crippen LogP contribution in [0, 0.1) is 5.92 Å². The van der Waals surface area contributed by atoms with Crippen LogP contribution in [-0.4, -0.2) is 67.6 Å². The number of alkyl halides is 3. The number of hydrogen-bond donors (Lipinski definition) is 2. The molecule has 8 nitrogen and oxygen atoms in total. The van der Waals surface area contributed by atoms with E-state index in [0.29, 0.717) is 15.8 Å². The normalized spacial score (nSPS) is 17.2. The molecule has 1 saturated heterocycles. The molecular formula is C27H32ClF3N4O4S. The lowest BCUT2D eigenvalue weighted by atomic mass is 9.89. The van der Waals surface area contributed by atoms with Crippen LogP contribution in [0.25, 0.3) is 0 Å². The molecule has 3 amide bonds. The molecule has 2 heterocycles. The average Bonchev–Trinajstić information content (AvgIpc) is 3.29. The standard InChI is InChI=1S/C27H32ClF3N4O4S/c1-16(2)14-35(18-4-3-5-18)21(13-32-26(38)22-8-9-23(28)40-22)25(37)33-17-6-7-20(19(12-17)27(29,30)31)34-10-11-39-15-24(34)36/h6-9,12,16,18,21H,3-5,10-11,13-15H2,1-2H3,(H,32,38)(H,33,37)/t21-/m1/s1. The predicted octanol–water partition coefficient (Wildman–Crippen LogP) is 5.03. The van der Waals surface area contributed by atoms with E-state index < -0.39 is 29.6 Å². The first-order valence-electron chi connectivity index (χ1n) is 13.1. The van der Waals surface area contributed by atoms with Crippen LogP contribution in [0.4, 0.5) is 24.5 Å². The van der Waals surface area contributed by atoms with E-state index >= 15 is 0 Å². The van der Waals surface area contributed by atoms with Gasteiger partial charge in [0.2, 0.25) is 5.91 Å². The highest BCUT2D eigenvalue weighted by Gasteiger charge is 2.38. The van der Waals surface area contributed by atoms with Crippen LogP contribution in [0.2, 0.25) is 4.34 Å². The second kappa shape index (κ2) is 12.9. The van der Waals surface area contributed by atoms with Crippen molar-refractivity contribution in [3.8, 4) is 0 Å². The minimum Gasteiger partial charge on any atom is -0.370 e. The number of hydrogen-bond acceptors (Lipinski definition) is 6. The maximum atomic E-state index is 14.1. The van der Waals surface area contributed by atoms with Crippen molar-refractivity contribution in [3.05, 3.63) is 45.1 Å². The smallest absolute Gasteiger partial charge is 0.370 e. The molecule has 40 heavy (non-hydrogen) atoms. The van der Waals surface area contributed by atoms with Crippen molar-refractivity contribution >= 4 is 52.0 Å². The molecule has 4 rings (SSSR count). The van der Waals surface area contributed by atoms with E-state index in [-0.39, 0.29) is 55.5 Å². The Hall–Kier alpha value is -2.67. The Labute approximate surface area is 239 Å². The van der Waals surface area contributed by atoms with Gasteiger partial charge in [-0.05, 0) is 49.1 Å². The highest BCUT2D eigenvalue weighted by Crippen LogP contribution is 2.39. The van der Waals surface area contributed by atoms with E-state index in [1.54, 1.807) is 12.1 Å². The SMILES string of the molecule is CC(C)CN(C1CCC1)[C@H](CNC(=O)c1ccc(Cl)s1)C(=O)Nc1ccc(N2CCOCC2=O)c(C(F)(F)F)c1. The molecule has 2 fully saturated rings. The molecule has 2 aliphatic rings. The van der Waals surface area contributed by atoms with Gasteiger partial charge in [0.25, 0.3) is 11.8 Å². The minimum absolute atomic E-state index is 0.00358. The van der Waals surface area contributed by atoms with E-state index in [1.807, 2.05) is 18.7 Å². The summed E-state index contributed by atoms with van der Waals surface area (Å²) in [6.45, 7) is 4.41. The number of nitrogens with zero attached hydrogens (tertiary/aromatic N) is 2. The molecule has 1 aromatic heterocycles. The second-order valence-electron chi connectivity index (χ2n) is 10.3. The topological polar surface area (TPSA) is 91.0 Å². The fourth-order valence-electron chi connectivity index (χ4n) is 4.82. The minimum atomic E-state index is -4.76. The average molecular weight is 601 g/mol. The van der Waals surface area contributed by atoms with E-state index in [9.17, 15) is 27.6 Å². The summed E-state index contributed by atoms with van der Waals surface area (Å²) in [6, 6.07) is 5.90. The van der Waals surface area contributed by atoms with Crippen LogP contribution in [0.3, 0.4) is 0 Å². The first kappa shape index (κ1) is 30.3. The third-order valence-corrected chi connectivity index (χ3v) is 8.15. The summed E-state index contributed by atoms with van der Waals surface area (Å²) >= 11 is 7.07. The summed E-state index contributed by atoms with van der Waals surface area (Å²) in [5, 5.41) is 5.44. The molecule has 1 aliphatic heterocycles. The largest absolute Gasteiger partial charge is 0.418 e. The fourth-order valence-corrected chi connectivity index (χ4v) is 5.78. The monoisotopic (exact) mass is 600 g/mol. The van der Waals surface area contributed by atoms with E-state index in [4.69, 9.17) is 16.3 Å². The van der Waals surface area contributed by atoms with Crippen molar-refractivity contribution in [1.29, 1.82) is 0 Å². The molecule has 1 aromatic carbocycles. The van der Waals surface area contributed by atoms with Crippen molar-refractivity contribution in [3.63, 3.8) is 0 Å². The number of amides is 3. The fraction of sp³-hybridized carbons (Fsp3) is 0.519. The number of ether oxygens (including phenoxy) is 1. The zero-order valence-corrected chi connectivity index (χ0v) is 23.8. The Bertz CT molecular complexity index is 1230. The Balaban J connectivity index is 1.59. The maximum absolute atomic E-state index is 14.1. The number of anilines is 2. The zero-order chi connectivity index (χ0) is 29.0. The van der Waals surface area contributed by atoms with Crippen molar-refractivity contribution < 1.29 is 32.3 Å². The van der Waals surface area contributed by atoms with Crippen LogP contribution < -0.4 is 15.5 Å². The Kier molecular flexibility index (Phi) is 9.76. The van der Waals surface area contributed by atoms with Gasteiger partial charge in [-0.3, -0.25) is 19.3 Å². The summed E-state index contributed by atoms with van der Waals surface area (Å²) in [5.41, 5.74) is -1.37. The van der Waals surface area contributed by atoms with Crippen LogP contribution in [0.15, 0.2) is 30.3 Å². The van der Waals surface area contributed by atoms with Gasteiger partial charge in [-0.2, -0.15) is 13.2 Å². The number of benzene rings is 1. The molecule has 0 spiro atoms. The van der Waals surface area contributed by atoms with Crippen molar-refractivity contribution in [2.45, 2.75) is 51.4 Å². The second-order valence-corrected chi connectivity index (χ2v) is 12.0. The molecule has 0 bridgehead atoms.